The van der Waals surface area contributed by atoms with E-state index in [1.165, 1.54) is 6.08 Å². The zero-order valence-electron chi connectivity index (χ0n) is 17.5. The fraction of sp³-hybridized carbons (Fsp3) is 0.696. The van der Waals surface area contributed by atoms with Crippen molar-refractivity contribution in [1.82, 2.24) is 0 Å². The monoisotopic (exact) mass is 454 g/mol. The van der Waals surface area contributed by atoms with Gasteiger partial charge in [0.1, 0.15) is 11.7 Å². The van der Waals surface area contributed by atoms with Gasteiger partial charge in [0, 0.05) is 10.8 Å². The van der Waals surface area contributed by atoms with E-state index in [4.69, 9.17) is 27.9 Å². The highest BCUT2D eigenvalue weighted by Crippen LogP contribution is 2.71. The minimum absolute atomic E-state index is 0.0435. The van der Waals surface area contributed by atoms with E-state index in [1.807, 2.05) is 26.8 Å². The molecule has 1 N–H and O–H groups in total. The van der Waals surface area contributed by atoms with Gasteiger partial charge in [-0.25, -0.2) is 0 Å². The van der Waals surface area contributed by atoms with E-state index >= 15 is 0 Å². The molecule has 0 radical (unpaired) electrons. The molecule has 0 aliphatic heterocycles. The Balaban J connectivity index is 1.88. The molecule has 4 aliphatic carbocycles. The van der Waals surface area contributed by atoms with Gasteiger partial charge < -0.3 is 9.84 Å². The molecule has 0 bridgehead atoms. The van der Waals surface area contributed by atoms with Crippen molar-refractivity contribution in [2.75, 3.05) is 5.88 Å². The Bertz CT molecular complexity index is 868. The first-order valence-corrected chi connectivity index (χ1v) is 11.5. The van der Waals surface area contributed by atoms with E-state index in [0.717, 1.165) is 5.57 Å². The highest BCUT2D eigenvalue weighted by atomic mass is 35.5. The average Bonchev–Trinajstić information content (AvgIpc) is 2.90. The van der Waals surface area contributed by atoms with Crippen LogP contribution in [0.4, 0.5) is 0 Å². The van der Waals surface area contributed by atoms with Crippen LogP contribution < -0.4 is 0 Å². The van der Waals surface area contributed by atoms with E-state index in [0.29, 0.717) is 25.7 Å². The number of Topliss-reactive ketones (excluding diaryl/α,β-unsaturated/α-hetero) is 1. The minimum Gasteiger partial charge on any atom is -0.463 e. The predicted molar refractivity (Wildman–Crippen MR) is 113 cm³/mol. The van der Waals surface area contributed by atoms with Gasteiger partial charge in [-0.15, -0.1) is 23.2 Å². The Morgan fingerprint density at radius 1 is 1.37 bits per heavy atom. The van der Waals surface area contributed by atoms with Crippen LogP contribution in [-0.2, 0) is 19.1 Å². The van der Waals surface area contributed by atoms with Crippen molar-refractivity contribution in [2.24, 2.45) is 28.6 Å². The van der Waals surface area contributed by atoms with Gasteiger partial charge in [0.2, 0.25) is 0 Å². The Hall–Kier alpha value is -1.17. The number of carbonyl (C=O) groups excluding carboxylic acids is 3. The molecule has 164 valence electrons. The van der Waals surface area contributed by atoms with Crippen LogP contribution in [0.3, 0.4) is 0 Å². The SMILES string of the molecule is CC1C[C@H]2[C@@H]3CCC4=CC(=O)C=C[C@]4(C)[C@@]3(Cl)C(OC=O)C[C@]2(C)[C@@]1(O)C(=O)CCl. The zero-order chi connectivity index (χ0) is 22.1. The lowest BCUT2D eigenvalue weighted by Gasteiger charge is -2.64. The maximum absolute atomic E-state index is 12.9. The van der Waals surface area contributed by atoms with E-state index in [1.54, 1.807) is 6.08 Å². The smallest absolute Gasteiger partial charge is 0.293 e. The van der Waals surface area contributed by atoms with Gasteiger partial charge in [0.05, 0.1) is 10.8 Å². The van der Waals surface area contributed by atoms with Crippen molar-refractivity contribution in [2.45, 2.75) is 63.0 Å². The van der Waals surface area contributed by atoms with Crippen molar-refractivity contribution in [1.29, 1.82) is 0 Å². The van der Waals surface area contributed by atoms with Crippen LogP contribution in [0.25, 0.3) is 0 Å². The Labute approximate surface area is 186 Å². The zero-order valence-corrected chi connectivity index (χ0v) is 19.0. The number of hydrogen-bond acceptors (Lipinski definition) is 5. The quantitative estimate of drug-likeness (QED) is 0.518. The summed E-state index contributed by atoms with van der Waals surface area (Å²) in [6.07, 6.45) is 6.59. The van der Waals surface area contributed by atoms with Crippen molar-refractivity contribution < 1.29 is 24.2 Å². The molecule has 3 fully saturated rings. The van der Waals surface area contributed by atoms with Crippen LogP contribution in [0.2, 0.25) is 0 Å². The van der Waals surface area contributed by atoms with Gasteiger partial charge in [-0.05, 0) is 55.6 Å². The molecule has 0 saturated heterocycles. The fourth-order valence-electron chi connectivity index (χ4n) is 7.42. The van der Waals surface area contributed by atoms with Crippen molar-refractivity contribution in [3.8, 4) is 0 Å². The molecule has 0 aromatic rings. The molecule has 0 spiro atoms. The largest absolute Gasteiger partial charge is 0.463 e. The Kier molecular flexibility index (Phi) is 5.08. The third kappa shape index (κ3) is 2.43. The van der Waals surface area contributed by atoms with Gasteiger partial charge in [0.15, 0.2) is 11.6 Å². The second kappa shape index (κ2) is 6.91. The number of allylic oxidation sites excluding steroid dienone is 4. The summed E-state index contributed by atoms with van der Waals surface area (Å²) >= 11 is 13.4. The number of fused-ring (bicyclic) bond motifs is 5. The van der Waals surface area contributed by atoms with Gasteiger partial charge in [-0.3, -0.25) is 14.4 Å². The molecular weight excluding hydrogens is 427 g/mol. The number of aliphatic hydroxyl groups is 1. The molecule has 7 heteroatoms. The molecular formula is C23H28Cl2O5. The van der Waals surface area contributed by atoms with Gasteiger partial charge in [-0.2, -0.15) is 0 Å². The lowest BCUT2D eigenvalue weighted by Crippen LogP contribution is -2.69. The molecule has 4 rings (SSSR count). The first-order chi connectivity index (χ1) is 14.0. The van der Waals surface area contributed by atoms with Crippen LogP contribution in [0.15, 0.2) is 23.8 Å². The maximum atomic E-state index is 12.9. The molecule has 0 heterocycles. The standard InChI is InChI=1S/C23H28Cl2O5/c1-13-8-17-16-5-4-14-9-15(27)6-7-20(14,2)22(16,25)19(30-12-26)10-21(17,3)23(13,29)18(28)11-24/h6-7,9,12-13,16-17,19,29H,4-5,8,10-11H2,1-3H3/t13?,16-,17-,19?,20-,21-,22-,23-/m0/s1. The Morgan fingerprint density at radius 2 is 2.07 bits per heavy atom. The van der Waals surface area contributed by atoms with Crippen molar-refractivity contribution >= 4 is 41.2 Å². The highest BCUT2D eigenvalue weighted by molar-refractivity contribution is 6.29. The van der Waals surface area contributed by atoms with Gasteiger partial charge in [-0.1, -0.05) is 32.4 Å². The number of ketones is 2. The summed E-state index contributed by atoms with van der Waals surface area (Å²) in [6, 6.07) is 0. The average molecular weight is 455 g/mol. The molecule has 0 aromatic heterocycles. The number of carbonyl (C=O) groups is 3. The molecule has 3 saturated carbocycles. The topological polar surface area (TPSA) is 80.7 Å². The van der Waals surface area contributed by atoms with Crippen LogP contribution in [0, 0.1) is 28.6 Å². The molecule has 8 atom stereocenters. The molecule has 0 aromatic carbocycles. The number of halogens is 2. The summed E-state index contributed by atoms with van der Waals surface area (Å²) in [5, 5.41) is 11.7. The third-order valence-corrected chi connectivity index (χ3v) is 10.1. The van der Waals surface area contributed by atoms with Crippen LogP contribution >= 0.6 is 23.2 Å². The summed E-state index contributed by atoms with van der Waals surface area (Å²) in [4.78, 5) is 35.4. The normalized spacial score (nSPS) is 49.5. The molecule has 5 nitrogen and oxygen atoms in total. The molecule has 4 aliphatic rings. The van der Waals surface area contributed by atoms with E-state index in [2.05, 4.69) is 0 Å². The van der Waals surface area contributed by atoms with Crippen LogP contribution in [-0.4, -0.2) is 45.6 Å². The summed E-state index contributed by atoms with van der Waals surface area (Å²) in [5.74, 6) is -1.16. The first kappa shape index (κ1) is 22.0. The first-order valence-electron chi connectivity index (χ1n) is 10.5. The van der Waals surface area contributed by atoms with Gasteiger partial charge in [0.25, 0.3) is 6.47 Å². The lowest BCUT2D eigenvalue weighted by atomic mass is 9.45. The van der Waals surface area contributed by atoms with E-state index in [-0.39, 0.29) is 41.6 Å². The summed E-state index contributed by atoms with van der Waals surface area (Å²) in [5.41, 5.74) is -2.14. The lowest BCUT2D eigenvalue weighted by molar-refractivity contribution is -0.182. The summed E-state index contributed by atoms with van der Waals surface area (Å²) in [7, 11) is 0. The fourth-order valence-corrected chi connectivity index (χ4v) is 8.20. The summed E-state index contributed by atoms with van der Waals surface area (Å²) in [6.45, 7) is 6.19. The number of hydrogen-bond donors (Lipinski definition) is 1. The number of rotatable bonds is 4. The second-order valence-electron chi connectivity index (χ2n) is 9.93. The van der Waals surface area contributed by atoms with Crippen LogP contribution in [0.5, 0.6) is 0 Å². The highest BCUT2D eigenvalue weighted by Gasteiger charge is 2.75. The van der Waals surface area contributed by atoms with Crippen molar-refractivity contribution in [3.63, 3.8) is 0 Å². The third-order valence-electron chi connectivity index (χ3n) is 8.96. The number of ether oxygens (including phenoxy) is 1. The van der Waals surface area contributed by atoms with Gasteiger partial charge >= 0.3 is 0 Å². The maximum Gasteiger partial charge on any atom is 0.293 e. The molecule has 30 heavy (non-hydrogen) atoms. The molecule has 2 unspecified atom stereocenters. The number of alkyl halides is 2. The van der Waals surface area contributed by atoms with E-state index < -0.39 is 27.4 Å². The van der Waals surface area contributed by atoms with Crippen LogP contribution in [0.1, 0.15) is 46.5 Å². The van der Waals surface area contributed by atoms with Crippen molar-refractivity contribution in [3.05, 3.63) is 23.8 Å². The summed E-state index contributed by atoms with van der Waals surface area (Å²) < 4.78 is 5.60. The Morgan fingerprint density at radius 3 is 2.70 bits per heavy atom. The minimum atomic E-state index is -1.60. The van der Waals surface area contributed by atoms with E-state index in [9.17, 15) is 19.5 Å². The second-order valence-corrected chi connectivity index (χ2v) is 10.8. The predicted octanol–water partition coefficient (Wildman–Crippen LogP) is 3.59. The molecule has 0 amide bonds.